The molecule has 1 aliphatic rings. The van der Waals surface area contributed by atoms with Gasteiger partial charge in [-0.1, -0.05) is 56.3 Å². The summed E-state index contributed by atoms with van der Waals surface area (Å²) in [5, 5.41) is 11.0. The topological polar surface area (TPSA) is 76.1 Å². The predicted molar refractivity (Wildman–Crippen MR) is 123 cm³/mol. The smallest absolute Gasteiger partial charge is 0.295 e. The Balaban J connectivity index is 2.02. The first-order chi connectivity index (χ1) is 15.4. The average molecular weight is 438 g/mol. The molecule has 1 N–H and O–H groups in total. The van der Waals surface area contributed by atoms with Gasteiger partial charge < -0.3 is 19.5 Å². The summed E-state index contributed by atoms with van der Waals surface area (Å²) in [7, 11) is 1.60. The first kappa shape index (κ1) is 23.5. The van der Waals surface area contributed by atoms with E-state index in [1.165, 1.54) is 4.90 Å². The van der Waals surface area contributed by atoms with Crippen LogP contribution in [0.2, 0.25) is 0 Å². The fourth-order valence-electron chi connectivity index (χ4n) is 3.77. The van der Waals surface area contributed by atoms with Crippen molar-refractivity contribution in [3.05, 3.63) is 71.3 Å². The molecular formula is C26H31NO5. The van der Waals surface area contributed by atoms with Gasteiger partial charge in [0.2, 0.25) is 0 Å². The second-order valence-corrected chi connectivity index (χ2v) is 8.31. The number of nitrogens with zero attached hydrogens (tertiary/aromatic N) is 1. The van der Waals surface area contributed by atoms with Gasteiger partial charge in [0.15, 0.2) is 0 Å². The highest BCUT2D eigenvalue weighted by Crippen LogP contribution is 2.40. The van der Waals surface area contributed by atoms with Gasteiger partial charge in [0.1, 0.15) is 11.5 Å². The van der Waals surface area contributed by atoms with Crippen LogP contribution in [-0.4, -0.2) is 48.6 Å². The number of hydrogen-bond donors (Lipinski definition) is 1. The number of amides is 1. The molecule has 170 valence electrons. The summed E-state index contributed by atoms with van der Waals surface area (Å²) in [6, 6.07) is 15.5. The van der Waals surface area contributed by atoms with Crippen LogP contribution >= 0.6 is 0 Å². The number of ketones is 1. The summed E-state index contributed by atoms with van der Waals surface area (Å²) in [5.41, 5.74) is 1.32. The average Bonchev–Trinajstić information content (AvgIpc) is 3.04. The lowest BCUT2D eigenvalue weighted by atomic mass is 9.95. The maximum atomic E-state index is 13.0. The number of carbonyl (C=O) groups is 2. The van der Waals surface area contributed by atoms with E-state index in [-0.39, 0.29) is 11.3 Å². The standard InChI is InChI=1S/C26H31NO5/c1-18(2)13-16-32-21-12-7-11-20(17-21)23-22(24(28)19-9-5-4-6-10-19)25(29)26(30)27(23)14-8-15-31-3/h4-7,9-12,17-18,23,28H,8,13-16H2,1-3H3/b24-22+. The number of likely N-dealkylation sites (tertiary alicyclic amines) is 1. The molecule has 32 heavy (non-hydrogen) atoms. The Morgan fingerprint density at radius 2 is 1.81 bits per heavy atom. The summed E-state index contributed by atoms with van der Waals surface area (Å²) in [4.78, 5) is 27.4. The first-order valence-electron chi connectivity index (χ1n) is 11.0. The highest BCUT2D eigenvalue weighted by atomic mass is 16.5. The van der Waals surface area contributed by atoms with Crippen molar-refractivity contribution in [2.75, 3.05) is 26.9 Å². The van der Waals surface area contributed by atoms with Crippen LogP contribution in [-0.2, 0) is 14.3 Å². The molecule has 0 spiro atoms. The molecule has 1 fully saturated rings. The van der Waals surface area contributed by atoms with E-state index in [1.807, 2.05) is 30.3 Å². The lowest BCUT2D eigenvalue weighted by Gasteiger charge is -2.25. The SMILES string of the molecule is COCCCN1C(=O)C(=O)/C(=C(/O)c2ccccc2)C1c1cccc(OCCC(C)C)c1. The lowest BCUT2D eigenvalue weighted by molar-refractivity contribution is -0.140. The molecule has 6 nitrogen and oxygen atoms in total. The van der Waals surface area contributed by atoms with Crippen molar-refractivity contribution in [2.24, 2.45) is 5.92 Å². The third-order valence-electron chi connectivity index (χ3n) is 5.47. The monoisotopic (exact) mass is 437 g/mol. The van der Waals surface area contributed by atoms with Gasteiger partial charge in [-0.2, -0.15) is 0 Å². The Morgan fingerprint density at radius 1 is 1.06 bits per heavy atom. The quantitative estimate of drug-likeness (QED) is 0.255. The minimum absolute atomic E-state index is 0.0953. The molecule has 1 atom stereocenters. The van der Waals surface area contributed by atoms with Crippen LogP contribution < -0.4 is 4.74 Å². The van der Waals surface area contributed by atoms with Gasteiger partial charge >= 0.3 is 0 Å². The van der Waals surface area contributed by atoms with E-state index in [0.717, 1.165) is 12.0 Å². The van der Waals surface area contributed by atoms with E-state index < -0.39 is 17.7 Å². The lowest BCUT2D eigenvalue weighted by Crippen LogP contribution is -2.31. The van der Waals surface area contributed by atoms with E-state index in [0.29, 0.717) is 43.4 Å². The Bertz CT molecular complexity index is 967. The number of benzene rings is 2. The third kappa shape index (κ3) is 5.37. The summed E-state index contributed by atoms with van der Waals surface area (Å²) in [5.74, 6) is -0.272. The second-order valence-electron chi connectivity index (χ2n) is 8.31. The fraction of sp³-hybridized carbons (Fsp3) is 0.385. The fourth-order valence-corrected chi connectivity index (χ4v) is 3.77. The van der Waals surface area contributed by atoms with Crippen molar-refractivity contribution in [3.63, 3.8) is 0 Å². The van der Waals surface area contributed by atoms with Gasteiger partial charge in [-0.25, -0.2) is 0 Å². The molecule has 0 saturated carbocycles. The van der Waals surface area contributed by atoms with Crippen LogP contribution in [0.4, 0.5) is 0 Å². The highest BCUT2D eigenvalue weighted by molar-refractivity contribution is 6.46. The number of carbonyl (C=O) groups excluding carboxylic acids is 2. The van der Waals surface area contributed by atoms with Crippen LogP contribution in [0, 0.1) is 5.92 Å². The number of Topliss-reactive ketones (excluding diaryl/α,β-unsaturated/α-hetero) is 1. The summed E-state index contributed by atoms with van der Waals surface area (Å²) >= 11 is 0. The van der Waals surface area contributed by atoms with Crippen molar-refractivity contribution in [2.45, 2.75) is 32.7 Å². The maximum absolute atomic E-state index is 13.0. The zero-order chi connectivity index (χ0) is 23.1. The Labute approximate surface area is 189 Å². The summed E-state index contributed by atoms with van der Waals surface area (Å²) in [6.45, 7) is 5.66. The van der Waals surface area contributed by atoms with Gasteiger partial charge in [0, 0.05) is 25.8 Å². The largest absolute Gasteiger partial charge is 0.507 e. The highest BCUT2D eigenvalue weighted by Gasteiger charge is 2.45. The third-order valence-corrected chi connectivity index (χ3v) is 5.47. The van der Waals surface area contributed by atoms with Crippen molar-refractivity contribution >= 4 is 17.4 Å². The molecule has 0 aromatic heterocycles. The van der Waals surface area contributed by atoms with E-state index in [4.69, 9.17) is 9.47 Å². The molecular weight excluding hydrogens is 406 g/mol. The number of ether oxygens (including phenoxy) is 2. The maximum Gasteiger partial charge on any atom is 0.295 e. The molecule has 6 heteroatoms. The number of methoxy groups -OCH3 is 1. The molecule has 0 radical (unpaired) electrons. The predicted octanol–water partition coefficient (Wildman–Crippen LogP) is 4.57. The summed E-state index contributed by atoms with van der Waals surface area (Å²) < 4.78 is 11.0. The Hall–Kier alpha value is -3.12. The number of hydrogen-bond acceptors (Lipinski definition) is 5. The van der Waals surface area contributed by atoms with Crippen LogP contribution in [0.15, 0.2) is 60.2 Å². The number of rotatable bonds is 10. The van der Waals surface area contributed by atoms with Crippen LogP contribution in [0.25, 0.3) is 5.76 Å². The Morgan fingerprint density at radius 3 is 2.50 bits per heavy atom. The van der Waals surface area contributed by atoms with Crippen molar-refractivity contribution in [1.82, 2.24) is 4.90 Å². The van der Waals surface area contributed by atoms with Crippen LogP contribution in [0.1, 0.15) is 43.9 Å². The molecule has 2 aromatic rings. The molecule has 1 aliphatic heterocycles. The van der Waals surface area contributed by atoms with Crippen LogP contribution in [0.5, 0.6) is 5.75 Å². The van der Waals surface area contributed by atoms with Gasteiger partial charge in [0.05, 0.1) is 18.2 Å². The van der Waals surface area contributed by atoms with Crippen molar-refractivity contribution in [3.8, 4) is 5.75 Å². The molecule has 1 heterocycles. The van der Waals surface area contributed by atoms with Gasteiger partial charge in [-0.05, 0) is 36.5 Å². The normalized spacial score (nSPS) is 17.9. The molecule has 1 saturated heterocycles. The molecule has 2 aromatic carbocycles. The zero-order valence-electron chi connectivity index (χ0n) is 18.9. The number of aliphatic hydroxyl groups excluding tert-OH is 1. The first-order valence-corrected chi connectivity index (χ1v) is 11.0. The molecule has 0 bridgehead atoms. The van der Waals surface area contributed by atoms with Crippen molar-refractivity contribution in [1.29, 1.82) is 0 Å². The minimum atomic E-state index is -0.694. The molecule has 3 rings (SSSR count). The van der Waals surface area contributed by atoms with Gasteiger partial charge in [-0.15, -0.1) is 0 Å². The Kier molecular flexibility index (Phi) is 8.06. The number of aliphatic hydroxyl groups is 1. The molecule has 1 unspecified atom stereocenters. The zero-order valence-corrected chi connectivity index (χ0v) is 18.9. The van der Waals surface area contributed by atoms with Gasteiger partial charge in [-0.3, -0.25) is 9.59 Å². The molecule has 0 aliphatic carbocycles. The second kappa shape index (κ2) is 11.0. The summed E-state index contributed by atoms with van der Waals surface area (Å²) in [6.07, 6.45) is 1.50. The van der Waals surface area contributed by atoms with E-state index in [1.54, 1.807) is 31.4 Å². The van der Waals surface area contributed by atoms with E-state index in [2.05, 4.69) is 13.8 Å². The van der Waals surface area contributed by atoms with E-state index >= 15 is 0 Å². The van der Waals surface area contributed by atoms with Crippen molar-refractivity contribution < 1.29 is 24.2 Å². The van der Waals surface area contributed by atoms with Gasteiger partial charge in [0.25, 0.3) is 11.7 Å². The van der Waals surface area contributed by atoms with Crippen LogP contribution in [0.3, 0.4) is 0 Å². The molecule has 1 amide bonds. The minimum Gasteiger partial charge on any atom is -0.507 e. The van der Waals surface area contributed by atoms with E-state index in [9.17, 15) is 14.7 Å².